The van der Waals surface area contributed by atoms with E-state index in [1.165, 1.54) is 0 Å². The van der Waals surface area contributed by atoms with Crippen LogP contribution in [0.25, 0.3) is 0 Å². The van der Waals surface area contributed by atoms with Crippen LogP contribution in [0.5, 0.6) is 0 Å². The summed E-state index contributed by atoms with van der Waals surface area (Å²) >= 11 is 0. The van der Waals surface area contributed by atoms with Gasteiger partial charge in [-0.05, 0) is 32.1 Å². The molecule has 0 aromatic carbocycles. The van der Waals surface area contributed by atoms with Crippen LogP contribution in [0.15, 0.2) is 11.8 Å². The third-order valence-corrected chi connectivity index (χ3v) is 3.62. The maximum absolute atomic E-state index is 10.9. The minimum absolute atomic E-state index is 0.0614. The number of nitrogens with zero attached hydrogens (tertiary/aromatic N) is 1. The zero-order valence-electron chi connectivity index (χ0n) is 10.5. The Kier molecular flexibility index (Phi) is 4.13. The summed E-state index contributed by atoms with van der Waals surface area (Å²) < 4.78 is 5.88. The van der Waals surface area contributed by atoms with Crippen LogP contribution in [0.4, 0.5) is 0 Å². The van der Waals surface area contributed by atoms with Crippen LogP contribution in [-0.4, -0.2) is 19.3 Å². The normalized spacial score (nSPS) is 22.8. The van der Waals surface area contributed by atoms with Crippen molar-refractivity contribution in [2.75, 3.05) is 0 Å². The van der Waals surface area contributed by atoms with E-state index in [0.29, 0.717) is 6.42 Å². The SMILES string of the molecule is CC[C@@H]([C@H]1C=C(O[Si](C)(C)C)CC1)[N+](=O)[O-]. The van der Waals surface area contributed by atoms with E-state index in [9.17, 15) is 10.1 Å². The molecule has 0 radical (unpaired) electrons. The molecule has 16 heavy (non-hydrogen) atoms. The lowest BCUT2D eigenvalue weighted by Gasteiger charge is -2.19. The van der Waals surface area contributed by atoms with Crippen molar-refractivity contribution in [3.63, 3.8) is 0 Å². The van der Waals surface area contributed by atoms with Crippen LogP contribution in [-0.2, 0) is 4.43 Å². The zero-order chi connectivity index (χ0) is 12.3. The fourth-order valence-electron chi connectivity index (χ4n) is 2.10. The Bertz CT molecular complexity index is 296. The first kappa shape index (κ1) is 13.2. The predicted octanol–water partition coefficient (Wildman–Crippen LogP) is 3.19. The number of nitro groups is 1. The number of allylic oxidation sites excluding steroid dienone is 1. The van der Waals surface area contributed by atoms with E-state index in [2.05, 4.69) is 19.6 Å². The quantitative estimate of drug-likeness (QED) is 0.423. The van der Waals surface area contributed by atoms with Crippen molar-refractivity contribution in [1.29, 1.82) is 0 Å². The van der Waals surface area contributed by atoms with Gasteiger partial charge < -0.3 is 4.43 Å². The summed E-state index contributed by atoms with van der Waals surface area (Å²) in [4.78, 5) is 10.7. The van der Waals surface area contributed by atoms with Gasteiger partial charge in [-0.25, -0.2) is 0 Å². The van der Waals surface area contributed by atoms with E-state index < -0.39 is 14.4 Å². The van der Waals surface area contributed by atoms with Crippen molar-refractivity contribution >= 4 is 8.32 Å². The molecule has 4 nitrogen and oxygen atoms in total. The van der Waals surface area contributed by atoms with Gasteiger partial charge in [0.05, 0.1) is 5.76 Å². The van der Waals surface area contributed by atoms with E-state index in [4.69, 9.17) is 4.43 Å². The minimum Gasteiger partial charge on any atom is -0.548 e. The number of hydrogen-bond donors (Lipinski definition) is 0. The van der Waals surface area contributed by atoms with Crippen LogP contribution in [0.1, 0.15) is 26.2 Å². The summed E-state index contributed by atoms with van der Waals surface area (Å²) in [6, 6.07) is -0.442. The predicted molar refractivity (Wildman–Crippen MR) is 66.3 cm³/mol. The highest BCUT2D eigenvalue weighted by Gasteiger charge is 2.33. The van der Waals surface area contributed by atoms with Crippen LogP contribution in [0.2, 0.25) is 19.6 Å². The summed E-state index contributed by atoms with van der Waals surface area (Å²) in [5, 5.41) is 10.9. The van der Waals surface area contributed by atoms with E-state index in [-0.39, 0.29) is 10.8 Å². The molecule has 0 aliphatic heterocycles. The molecule has 0 heterocycles. The Morgan fingerprint density at radius 1 is 1.62 bits per heavy atom. The summed E-state index contributed by atoms with van der Waals surface area (Å²) in [6.07, 6.45) is 4.29. The lowest BCUT2D eigenvalue weighted by atomic mass is 9.98. The smallest absolute Gasteiger partial charge is 0.241 e. The van der Waals surface area contributed by atoms with Crippen molar-refractivity contribution in [3.8, 4) is 0 Å². The molecule has 0 saturated carbocycles. The highest BCUT2D eigenvalue weighted by Crippen LogP contribution is 2.31. The van der Waals surface area contributed by atoms with Gasteiger partial charge in [0.25, 0.3) is 0 Å². The number of hydrogen-bond acceptors (Lipinski definition) is 3. The molecule has 0 N–H and O–H groups in total. The number of rotatable bonds is 5. The van der Waals surface area contributed by atoms with Crippen molar-refractivity contribution in [3.05, 3.63) is 21.9 Å². The van der Waals surface area contributed by atoms with Gasteiger partial charge in [-0.2, -0.15) is 0 Å². The van der Waals surface area contributed by atoms with Crippen molar-refractivity contribution < 1.29 is 9.35 Å². The molecule has 0 spiro atoms. The van der Waals surface area contributed by atoms with Gasteiger partial charge >= 0.3 is 0 Å². The van der Waals surface area contributed by atoms with Gasteiger partial charge in [-0.3, -0.25) is 10.1 Å². The van der Waals surface area contributed by atoms with Crippen LogP contribution >= 0.6 is 0 Å². The minimum atomic E-state index is -1.56. The van der Waals surface area contributed by atoms with E-state index >= 15 is 0 Å². The van der Waals surface area contributed by atoms with Crippen molar-refractivity contribution in [1.82, 2.24) is 0 Å². The lowest BCUT2D eigenvalue weighted by Crippen LogP contribution is -2.26. The van der Waals surface area contributed by atoms with Gasteiger partial charge in [0, 0.05) is 23.7 Å². The molecule has 0 aromatic rings. The Labute approximate surface area is 98.0 Å². The second-order valence-corrected chi connectivity index (χ2v) is 9.74. The Morgan fingerprint density at radius 3 is 2.69 bits per heavy atom. The molecule has 0 aromatic heterocycles. The van der Waals surface area contributed by atoms with E-state index in [1.807, 2.05) is 13.0 Å². The molecular weight excluding hydrogens is 222 g/mol. The molecule has 0 amide bonds. The molecule has 92 valence electrons. The lowest BCUT2D eigenvalue weighted by molar-refractivity contribution is -0.530. The van der Waals surface area contributed by atoms with Gasteiger partial charge in [0.2, 0.25) is 14.4 Å². The second kappa shape index (κ2) is 4.99. The third-order valence-electron chi connectivity index (χ3n) is 2.74. The molecule has 1 rings (SSSR count). The fraction of sp³-hybridized carbons (Fsp3) is 0.818. The maximum atomic E-state index is 10.9. The average molecular weight is 243 g/mol. The second-order valence-electron chi connectivity index (χ2n) is 5.31. The summed E-state index contributed by atoms with van der Waals surface area (Å²) in [5.74, 6) is 1.04. The van der Waals surface area contributed by atoms with Crippen LogP contribution < -0.4 is 0 Å². The fourth-order valence-corrected chi connectivity index (χ4v) is 3.06. The topological polar surface area (TPSA) is 52.4 Å². The summed E-state index contributed by atoms with van der Waals surface area (Å²) in [5.41, 5.74) is 0. The largest absolute Gasteiger partial charge is 0.548 e. The molecule has 1 aliphatic rings. The highest BCUT2D eigenvalue weighted by molar-refractivity contribution is 6.70. The maximum Gasteiger partial charge on any atom is 0.241 e. The van der Waals surface area contributed by atoms with Gasteiger partial charge in [-0.1, -0.05) is 6.92 Å². The molecule has 5 heteroatoms. The molecule has 1 aliphatic carbocycles. The monoisotopic (exact) mass is 243 g/mol. The van der Waals surface area contributed by atoms with Crippen molar-refractivity contribution in [2.24, 2.45) is 5.92 Å². The summed E-state index contributed by atoms with van der Waals surface area (Å²) in [6.45, 7) is 8.27. The first-order chi connectivity index (χ1) is 7.33. The van der Waals surface area contributed by atoms with Crippen LogP contribution in [0, 0.1) is 16.0 Å². The first-order valence-corrected chi connectivity index (χ1v) is 9.27. The Hall–Kier alpha value is -0.843. The van der Waals surface area contributed by atoms with Gasteiger partial charge in [0.1, 0.15) is 0 Å². The van der Waals surface area contributed by atoms with Gasteiger partial charge in [0.15, 0.2) is 0 Å². The summed E-state index contributed by atoms with van der Waals surface area (Å²) in [7, 11) is -1.56. The van der Waals surface area contributed by atoms with E-state index in [0.717, 1.165) is 18.6 Å². The standard InChI is InChI=1S/C11H21NO3Si/c1-5-11(12(13)14)9-6-7-10(8-9)15-16(2,3)4/h8-9,11H,5-7H2,1-4H3/t9-,11+/m1/s1. The first-order valence-electron chi connectivity index (χ1n) is 5.86. The highest BCUT2D eigenvalue weighted by atomic mass is 28.4. The molecular formula is C11H21NO3Si. The molecule has 0 unspecified atom stereocenters. The third kappa shape index (κ3) is 3.63. The molecule has 0 saturated heterocycles. The Balaban J connectivity index is 2.64. The Morgan fingerprint density at radius 2 is 2.25 bits per heavy atom. The van der Waals surface area contributed by atoms with Crippen LogP contribution in [0.3, 0.4) is 0 Å². The molecule has 0 bridgehead atoms. The van der Waals surface area contributed by atoms with Crippen molar-refractivity contribution in [2.45, 2.75) is 51.9 Å². The molecule has 2 atom stereocenters. The average Bonchev–Trinajstić information content (AvgIpc) is 2.50. The van der Waals surface area contributed by atoms with E-state index in [1.54, 1.807) is 0 Å². The van der Waals surface area contributed by atoms with Gasteiger partial charge in [-0.15, -0.1) is 0 Å². The zero-order valence-corrected chi connectivity index (χ0v) is 11.5. The molecule has 0 fully saturated rings.